The third-order valence-electron chi connectivity index (χ3n) is 2.86. The molecule has 1 aromatic rings. The summed E-state index contributed by atoms with van der Waals surface area (Å²) in [6, 6.07) is 10.8. The van der Waals surface area contributed by atoms with E-state index in [1.165, 1.54) is 37.5 Å². The molecule has 0 fully saturated rings. The summed E-state index contributed by atoms with van der Waals surface area (Å²) in [5, 5.41) is 0. The molecule has 0 radical (unpaired) electrons. The van der Waals surface area contributed by atoms with Crippen molar-refractivity contribution in [3.8, 4) is 0 Å². The Morgan fingerprint density at radius 2 is 1.71 bits per heavy atom. The Hall–Kier alpha value is -0.715. The average Bonchev–Trinajstić information content (AvgIpc) is 2.25. The average molecular weight is 188 g/mol. The van der Waals surface area contributed by atoms with Crippen LogP contribution in [-0.2, 0) is 0 Å². The summed E-state index contributed by atoms with van der Waals surface area (Å²) in [5.74, 6) is 0. The Balaban J connectivity index is 2.25. The van der Waals surface area contributed by atoms with E-state index in [2.05, 4.69) is 44.1 Å². The van der Waals surface area contributed by atoms with E-state index in [1.807, 2.05) is 0 Å². The highest BCUT2D eigenvalue weighted by Crippen LogP contribution is 2.06. The molecular weight excluding hydrogens is 167 g/mol. The maximum absolute atomic E-state index is 2.33. The summed E-state index contributed by atoms with van der Waals surface area (Å²) in [7, 11) is 0. The van der Waals surface area contributed by atoms with Crippen LogP contribution in [0.1, 0.15) is 32.6 Å². The Morgan fingerprint density at radius 1 is 1.00 bits per heavy atom. The molecule has 0 saturated carbocycles. The standard InChI is InChI=1S/C13H21B/c1-3-4-5-9-12-14(2)13-10-7-6-8-11-13/h6-8,10-11H,3-5,9,12H2,1-2H3. The van der Waals surface area contributed by atoms with Crippen molar-refractivity contribution in [1.82, 2.24) is 0 Å². The van der Waals surface area contributed by atoms with Crippen molar-refractivity contribution in [3.63, 3.8) is 0 Å². The largest absolute Gasteiger partial charge is 0.172 e. The molecule has 1 aromatic carbocycles. The molecule has 0 heterocycles. The third-order valence-corrected chi connectivity index (χ3v) is 2.86. The molecular formula is C13H21B. The second-order valence-electron chi connectivity index (χ2n) is 4.16. The molecule has 0 saturated heterocycles. The van der Waals surface area contributed by atoms with Gasteiger partial charge in [0.1, 0.15) is 0 Å². The van der Waals surface area contributed by atoms with Gasteiger partial charge in [-0.1, -0.05) is 81.5 Å². The van der Waals surface area contributed by atoms with Crippen LogP contribution in [0.4, 0.5) is 0 Å². The summed E-state index contributed by atoms with van der Waals surface area (Å²) < 4.78 is 0. The SMILES string of the molecule is CCCCCCB(C)c1ccccc1. The van der Waals surface area contributed by atoms with Crippen LogP contribution in [0.5, 0.6) is 0 Å². The zero-order chi connectivity index (χ0) is 10.2. The van der Waals surface area contributed by atoms with E-state index in [0.29, 0.717) is 0 Å². The van der Waals surface area contributed by atoms with Gasteiger partial charge in [0, 0.05) is 0 Å². The topological polar surface area (TPSA) is 0 Å². The van der Waals surface area contributed by atoms with Crippen molar-refractivity contribution in [3.05, 3.63) is 30.3 Å². The number of rotatable bonds is 6. The molecule has 0 N–H and O–H groups in total. The number of hydrogen-bond donors (Lipinski definition) is 0. The van der Waals surface area contributed by atoms with Gasteiger partial charge in [-0.05, 0) is 0 Å². The van der Waals surface area contributed by atoms with Gasteiger partial charge >= 0.3 is 0 Å². The van der Waals surface area contributed by atoms with Crippen molar-refractivity contribution in [2.45, 2.75) is 45.8 Å². The molecule has 0 aliphatic carbocycles. The van der Waals surface area contributed by atoms with Gasteiger partial charge in [-0.3, -0.25) is 0 Å². The van der Waals surface area contributed by atoms with Crippen LogP contribution in [0.3, 0.4) is 0 Å². The second-order valence-corrected chi connectivity index (χ2v) is 4.16. The normalized spacial score (nSPS) is 10.1. The van der Waals surface area contributed by atoms with Gasteiger partial charge in [-0.2, -0.15) is 0 Å². The van der Waals surface area contributed by atoms with E-state index in [9.17, 15) is 0 Å². The molecule has 1 heteroatoms. The molecule has 0 unspecified atom stereocenters. The Labute approximate surface area is 88.8 Å². The molecule has 0 amide bonds. The fourth-order valence-corrected chi connectivity index (χ4v) is 1.83. The van der Waals surface area contributed by atoms with Crippen LogP contribution in [-0.4, -0.2) is 6.71 Å². The zero-order valence-electron chi connectivity index (χ0n) is 9.50. The van der Waals surface area contributed by atoms with Gasteiger partial charge in [0.25, 0.3) is 0 Å². The van der Waals surface area contributed by atoms with E-state index in [4.69, 9.17) is 0 Å². The third kappa shape index (κ3) is 4.00. The van der Waals surface area contributed by atoms with E-state index >= 15 is 0 Å². The fraction of sp³-hybridized carbons (Fsp3) is 0.538. The van der Waals surface area contributed by atoms with Crippen LogP contribution in [0, 0.1) is 0 Å². The highest BCUT2D eigenvalue weighted by Gasteiger charge is 2.07. The van der Waals surface area contributed by atoms with Gasteiger partial charge in [-0.15, -0.1) is 0 Å². The molecule has 0 nitrogen and oxygen atoms in total. The lowest BCUT2D eigenvalue weighted by Crippen LogP contribution is -2.25. The smallest absolute Gasteiger partial charge is 0.0817 e. The zero-order valence-corrected chi connectivity index (χ0v) is 9.50. The van der Waals surface area contributed by atoms with Gasteiger partial charge in [0.2, 0.25) is 0 Å². The number of unbranched alkanes of at least 4 members (excludes halogenated alkanes) is 3. The predicted molar refractivity (Wildman–Crippen MR) is 66.6 cm³/mol. The first-order chi connectivity index (χ1) is 6.84. The summed E-state index contributed by atoms with van der Waals surface area (Å²) >= 11 is 0. The minimum atomic E-state index is 0.730. The number of hydrogen-bond acceptors (Lipinski definition) is 0. The Morgan fingerprint density at radius 3 is 2.36 bits per heavy atom. The van der Waals surface area contributed by atoms with Gasteiger partial charge < -0.3 is 0 Å². The molecule has 0 aliphatic heterocycles. The second kappa shape index (κ2) is 6.70. The quantitative estimate of drug-likeness (QED) is 0.472. The molecule has 0 spiro atoms. The van der Waals surface area contributed by atoms with Gasteiger partial charge in [0.15, 0.2) is 6.71 Å². The van der Waals surface area contributed by atoms with E-state index in [-0.39, 0.29) is 0 Å². The first kappa shape index (κ1) is 11.4. The van der Waals surface area contributed by atoms with Crippen molar-refractivity contribution in [2.75, 3.05) is 0 Å². The van der Waals surface area contributed by atoms with Crippen LogP contribution in [0.15, 0.2) is 30.3 Å². The first-order valence-electron chi connectivity index (χ1n) is 5.89. The minimum Gasteiger partial charge on any atom is -0.0817 e. The summed E-state index contributed by atoms with van der Waals surface area (Å²) in [4.78, 5) is 0. The monoisotopic (exact) mass is 188 g/mol. The van der Waals surface area contributed by atoms with Gasteiger partial charge in [0.05, 0.1) is 0 Å². The van der Waals surface area contributed by atoms with Gasteiger partial charge in [-0.25, -0.2) is 0 Å². The maximum Gasteiger partial charge on any atom is 0.172 e. The molecule has 1 rings (SSSR count). The maximum atomic E-state index is 2.33. The molecule has 0 aliphatic rings. The fourth-order valence-electron chi connectivity index (χ4n) is 1.83. The molecule has 76 valence electrons. The van der Waals surface area contributed by atoms with Crippen LogP contribution < -0.4 is 5.46 Å². The summed E-state index contributed by atoms with van der Waals surface area (Å²) in [5.41, 5.74) is 1.49. The first-order valence-corrected chi connectivity index (χ1v) is 5.89. The molecule has 0 aromatic heterocycles. The Bertz CT molecular complexity index is 230. The van der Waals surface area contributed by atoms with Crippen LogP contribution in [0.25, 0.3) is 0 Å². The van der Waals surface area contributed by atoms with E-state index in [0.717, 1.165) is 6.71 Å². The lowest BCUT2D eigenvalue weighted by Gasteiger charge is -2.07. The minimum absolute atomic E-state index is 0.730. The van der Waals surface area contributed by atoms with Crippen LogP contribution >= 0.6 is 0 Å². The van der Waals surface area contributed by atoms with E-state index in [1.54, 1.807) is 0 Å². The van der Waals surface area contributed by atoms with E-state index < -0.39 is 0 Å². The number of benzene rings is 1. The summed E-state index contributed by atoms with van der Waals surface area (Å²) in [6.07, 6.45) is 6.84. The summed E-state index contributed by atoms with van der Waals surface area (Å²) in [6.45, 7) is 5.33. The van der Waals surface area contributed by atoms with Crippen LogP contribution in [0.2, 0.25) is 13.1 Å². The van der Waals surface area contributed by atoms with Crippen molar-refractivity contribution >= 4 is 12.2 Å². The van der Waals surface area contributed by atoms with Crippen molar-refractivity contribution < 1.29 is 0 Å². The molecule has 0 bridgehead atoms. The highest BCUT2D eigenvalue weighted by atomic mass is 13.9. The molecule has 14 heavy (non-hydrogen) atoms. The highest BCUT2D eigenvalue weighted by molar-refractivity contribution is 6.71. The van der Waals surface area contributed by atoms with Crippen molar-refractivity contribution in [1.29, 1.82) is 0 Å². The van der Waals surface area contributed by atoms with Crippen molar-refractivity contribution in [2.24, 2.45) is 0 Å². The Kier molecular flexibility index (Phi) is 5.43. The lowest BCUT2D eigenvalue weighted by molar-refractivity contribution is 0.699. The molecule has 0 atom stereocenters. The predicted octanol–water partition coefficient (Wildman–Crippen LogP) is 3.60. The lowest BCUT2D eigenvalue weighted by atomic mass is 9.44.